The largest absolute Gasteiger partial charge is 0.508 e. The molecule has 4 N–H and O–H groups in total. The molecule has 0 aromatic heterocycles. The summed E-state index contributed by atoms with van der Waals surface area (Å²) in [6.07, 6.45) is 0. The molecule has 4 rings (SSSR count). The van der Waals surface area contributed by atoms with Crippen LogP contribution in [0.3, 0.4) is 0 Å². The van der Waals surface area contributed by atoms with Crippen LogP contribution in [0, 0.1) is 0 Å². The number of hydrogen-bond acceptors (Lipinski definition) is 4. The Morgan fingerprint density at radius 1 is 0.276 bits per heavy atom. The van der Waals surface area contributed by atoms with Crippen molar-refractivity contribution in [3.8, 4) is 23.0 Å². The van der Waals surface area contributed by atoms with Crippen molar-refractivity contribution >= 4 is 0 Å². The van der Waals surface area contributed by atoms with E-state index in [4.69, 9.17) is 20.4 Å². The SMILES string of the molecule is Oc1ccccc1.Oc1ccccc1.Oc1ccccc1.Oc1ccccc1.[Zr]. The molecule has 0 spiro atoms. The van der Waals surface area contributed by atoms with Gasteiger partial charge in [0.25, 0.3) is 0 Å². The maximum absolute atomic E-state index is 8.63. The van der Waals surface area contributed by atoms with Crippen LogP contribution in [0.15, 0.2) is 121 Å². The van der Waals surface area contributed by atoms with E-state index in [9.17, 15) is 0 Å². The third kappa shape index (κ3) is 15.7. The average Bonchev–Trinajstić information content (AvgIpc) is 2.72. The molecule has 0 amide bonds. The van der Waals surface area contributed by atoms with Crippen LogP contribution in [0.1, 0.15) is 0 Å². The molecule has 29 heavy (non-hydrogen) atoms. The van der Waals surface area contributed by atoms with Crippen LogP contribution in [-0.4, -0.2) is 20.4 Å². The first-order valence-corrected chi connectivity index (χ1v) is 8.54. The fourth-order valence-corrected chi connectivity index (χ4v) is 1.71. The van der Waals surface area contributed by atoms with Gasteiger partial charge in [-0.2, -0.15) is 0 Å². The van der Waals surface area contributed by atoms with Crippen LogP contribution in [0.25, 0.3) is 0 Å². The van der Waals surface area contributed by atoms with Gasteiger partial charge >= 0.3 is 0 Å². The van der Waals surface area contributed by atoms with E-state index < -0.39 is 0 Å². The van der Waals surface area contributed by atoms with Crippen LogP contribution in [-0.2, 0) is 26.2 Å². The van der Waals surface area contributed by atoms with Crippen LogP contribution in [0.4, 0.5) is 0 Å². The van der Waals surface area contributed by atoms with Crippen molar-refractivity contribution in [1.82, 2.24) is 0 Å². The van der Waals surface area contributed by atoms with Crippen LogP contribution in [0.2, 0.25) is 0 Å². The van der Waals surface area contributed by atoms with Gasteiger partial charge in [0.15, 0.2) is 0 Å². The molecule has 0 aliphatic rings. The maximum atomic E-state index is 8.63. The smallest absolute Gasteiger partial charge is 0.115 e. The molecule has 0 heterocycles. The summed E-state index contributed by atoms with van der Waals surface area (Å²) >= 11 is 0. The predicted molar refractivity (Wildman–Crippen MR) is 112 cm³/mol. The molecular formula is C24H24O4Zr. The summed E-state index contributed by atoms with van der Waals surface area (Å²) in [4.78, 5) is 0. The van der Waals surface area contributed by atoms with E-state index in [0.29, 0.717) is 23.0 Å². The summed E-state index contributed by atoms with van der Waals surface area (Å²) in [7, 11) is 0. The molecule has 0 unspecified atom stereocenters. The molecule has 0 saturated carbocycles. The summed E-state index contributed by atoms with van der Waals surface area (Å²) in [5.41, 5.74) is 0. The van der Waals surface area contributed by atoms with Crippen molar-refractivity contribution in [1.29, 1.82) is 0 Å². The van der Waals surface area contributed by atoms with Crippen molar-refractivity contribution < 1.29 is 46.6 Å². The minimum absolute atomic E-state index is 0. The van der Waals surface area contributed by atoms with E-state index in [-0.39, 0.29) is 26.2 Å². The van der Waals surface area contributed by atoms with Crippen molar-refractivity contribution in [3.63, 3.8) is 0 Å². The van der Waals surface area contributed by atoms with E-state index >= 15 is 0 Å². The molecule has 148 valence electrons. The summed E-state index contributed by atoms with van der Waals surface area (Å²) in [6.45, 7) is 0. The normalized spacial score (nSPS) is 8.28. The van der Waals surface area contributed by atoms with Gasteiger partial charge in [-0.3, -0.25) is 0 Å². The second-order valence-electron chi connectivity index (χ2n) is 5.34. The molecule has 0 fully saturated rings. The molecular weight excluding hydrogens is 443 g/mol. The van der Waals surface area contributed by atoms with Gasteiger partial charge in [-0.15, -0.1) is 0 Å². The van der Waals surface area contributed by atoms with Crippen molar-refractivity contribution in [2.45, 2.75) is 0 Å². The zero-order valence-corrected chi connectivity index (χ0v) is 18.3. The summed E-state index contributed by atoms with van der Waals surface area (Å²) < 4.78 is 0. The molecule has 0 radical (unpaired) electrons. The molecule has 0 saturated heterocycles. The van der Waals surface area contributed by atoms with Crippen LogP contribution in [0.5, 0.6) is 23.0 Å². The Hall–Kier alpha value is -3.04. The quantitative estimate of drug-likeness (QED) is 0.273. The molecule has 4 aromatic carbocycles. The number of benzene rings is 4. The topological polar surface area (TPSA) is 80.9 Å². The predicted octanol–water partition coefficient (Wildman–Crippen LogP) is 5.57. The Kier molecular flexibility index (Phi) is 15.3. The van der Waals surface area contributed by atoms with Crippen molar-refractivity contribution in [3.05, 3.63) is 121 Å². The summed E-state index contributed by atoms with van der Waals surface area (Å²) in [5.74, 6) is 1.29. The van der Waals surface area contributed by atoms with E-state index in [2.05, 4.69) is 0 Å². The van der Waals surface area contributed by atoms with E-state index in [1.807, 2.05) is 24.3 Å². The van der Waals surface area contributed by atoms with Gasteiger partial charge in [0.05, 0.1) is 0 Å². The van der Waals surface area contributed by atoms with Gasteiger partial charge in [-0.05, 0) is 48.5 Å². The Morgan fingerprint density at radius 2 is 0.414 bits per heavy atom. The molecule has 5 heteroatoms. The first kappa shape index (κ1) is 26.0. The van der Waals surface area contributed by atoms with E-state index in [1.165, 1.54) is 0 Å². The van der Waals surface area contributed by atoms with Gasteiger partial charge in [0, 0.05) is 26.2 Å². The zero-order chi connectivity index (χ0) is 20.5. The molecule has 4 nitrogen and oxygen atoms in total. The van der Waals surface area contributed by atoms with Gasteiger partial charge in [-0.25, -0.2) is 0 Å². The van der Waals surface area contributed by atoms with Gasteiger partial charge in [0.1, 0.15) is 23.0 Å². The van der Waals surface area contributed by atoms with Gasteiger partial charge in [-0.1, -0.05) is 72.8 Å². The Labute approximate surface area is 190 Å². The van der Waals surface area contributed by atoms with Crippen molar-refractivity contribution in [2.75, 3.05) is 0 Å². The maximum Gasteiger partial charge on any atom is 0.115 e. The number of para-hydroxylation sites is 4. The second-order valence-corrected chi connectivity index (χ2v) is 5.34. The number of hydrogen-bond donors (Lipinski definition) is 4. The van der Waals surface area contributed by atoms with E-state index in [0.717, 1.165) is 0 Å². The number of rotatable bonds is 0. The van der Waals surface area contributed by atoms with Crippen molar-refractivity contribution in [2.24, 2.45) is 0 Å². The van der Waals surface area contributed by atoms with E-state index in [1.54, 1.807) is 97.1 Å². The Balaban J connectivity index is 0.000000356. The minimum atomic E-state index is 0. The minimum Gasteiger partial charge on any atom is -0.508 e. The standard InChI is InChI=1S/4C6H6O.Zr/c4*7-6-4-2-1-3-5-6;/h4*1-5,7H;. The Bertz CT molecular complexity index is 693. The third-order valence-electron chi connectivity index (χ3n) is 3.02. The van der Waals surface area contributed by atoms with Crippen LogP contribution >= 0.6 is 0 Å². The molecule has 0 aliphatic heterocycles. The summed E-state index contributed by atoms with van der Waals surface area (Å²) in [6, 6.07) is 34.9. The van der Waals surface area contributed by atoms with Gasteiger partial charge in [0.2, 0.25) is 0 Å². The monoisotopic (exact) mass is 466 g/mol. The second kappa shape index (κ2) is 17.1. The fraction of sp³-hybridized carbons (Fsp3) is 0. The van der Waals surface area contributed by atoms with Crippen LogP contribution < -0.4 is 0 Å². The zero-order valence-electron chi connectivity index (χ0n) is 15.8. The first-order chi connectivity index (χ1) is 13.6. The number of aromatic hydroxyl groups is 4. The molecule has 4 aromatic rings. The number of phenols is 4. The average molecular weight is 468 g/mol. The third-order valence-corrected chi connectivity index (χ3v) is 3.02. The fourth-order valence-electron chi connectivity index (χ4n) is 1.71. The Morgan fingerprint density at radius 3 is 0.483 bits per heavy atom. The molecule has 0 aliphatic carbocycles. The first-order valence-electron chi connectivity index (χ1n) is 8.54. The number of phenolic OH excluding ortho intramolecular Hbond substituents is 4. The van der Waals surface area contributed by atoms with Gasteiger partial charge < -0.3 is 20.4 Å². The summed E-state index contributed by atoms with van der Waals surface area (Å²) in [5, 5.41) is 34.5. The molecule has 0 atom stereocenters. The molecule has 0 bridgehead atoms.